The van der Waals surface area contributed by atoms with Gasteiger partial charge in [-0.15, -0.1) is 0 Å². The molecule has 0 aromatic carbocycles. The predicted molar refractivity (Wildman–Crippen MR) is 31.4 cm³/mol. The van der Waals surface area contributed by atoms with E-state index in [0.717, 1.165) is 0 Å². The van der Waals surface area contributed by atoms with E-state index in [9.17, 15) is 8.78 Å². The summed E-state index contributed by atoms with van der Waals surface area (Å²) in [6, 6.07) is 1.62. The standard InChI is InChI=1S/C6H9F2NO/c1-5(2-3-9)6(7,8)4-10/h5,10H,2,4H2,1H3. The van der Waals surface area contributed by atoms with Crippen molar-refractivity contribution in [2.75, 3.05) is 6.61 Å². The maximum Gasteiger partial charge on any atom is 0.274 e. The summed E-state index contributed by atoms with van der Waals surface area (Å²) in [6.07, 6.45) is -0.229. The van der Waals surface area contributed by atoms with E-state index in [1.165, 1.54) is 6.92 Å². The monoisotopic (exact) mass is 149 g/mol. The van der Waals surface area contributed by atoms with Gasteiger partial charge in [-0.3, -0.25) is 0 Å². The summed E-state index contributed by atoms with van der Waals surface area (Å²) in [5.41, 5.74) is 0. The Bertz CT molecular complexity index is 141. The molecule has 0 aromatic heterocycles. The summed E-state index contributed by atoms with van der Waals surface area (Å²) >= 11 is 0. The molecule has 0 aromatic rings. The lowest BCUT2D eigenvalue weighted by Gasteiger charge is -2.18. The quantitative estimate of drug-likeness (QED) is 0.654. The van der Waals surface area contributed by atoms with Crippen LogP contribution in [0.2, 0.25) is 0 Å². The van der Waals surface area contributed by atoms with E-state index in [1.807, 2.05) is 0 Å². The highest BCUT2D eigenvalue weighted by Gasteiger charge is 2.34. The SMILES string of the molecule is CC(CC#N)C(F)(F)CO. The van der Waals surface area contributed by atoms with Gasteiger partial charge in [0.1, 0.15) is 6.61 Å². The van der Waals surface area contributed by atoms with Crippen LogP contribution in [0.1, 0.15) is 13.3 Å². The average Bonchev–Trinajstić information content (AvgIpc) is 1.89. The Balaban J connectivity index is 3.93. The largest absolute Gasteiger partial charge is 0.390 e. The third kappa shape index (κ3) is 2.28. The molecule has 0 aliphatic rings. The molecule has 0 amide bonds. The number of rotatable bonds is 3. The van der Waals surface area contributed by atoms with Crippen molar-refractivity contribution in [1.29, 1.82) is 5.26 Å². The molecule has 58 valence electrons. The van der Waals surface area contributed by atoms with Gasteiger partial charge in [-0.1, -0.05) is 6.92 Å². The molecule has 10 heavy (non-hydrogen) atoms. The number of nitrogens with zero attached hydrogens (tertiary/aromatic N) is 1. The van der Waals surface area contributed by atoms with Gasteiger partial charge in [-0.05, 0) is 0 Å². The van der Waals surface area contributed by atoms with Gasteiger partial charge in [-0.2, -0.15) is 5.26 Å². The first-order chi connectivity index (χ1) is 4.54. The Morgan fingerprint density at radius 2 is 2.20 bits per heavy atom. The average molecular weight is 149 g/mol. The third-order valence-corrected chi connectivity index (χ3v) is 1.33. The zero-order valence-corrected chi connectivity index (χ0v) is 5.64. The Morgan fingerprint density at radius 3 is 2.50 bits per heavy atom. The third-order valence-electron chi connectivity index (χ3n) is 1.33. The van der Waals surface area contributed by atoms with Crippen LogP contribution in [0.15, 0.2) is 0 Å². The molecule has 4 heteroatoms. The van der Waals surface area contributed by atoms with Crippen LogP contribution in [0.25, 0.3) is 0 Å². The van der Waals surface area contributed by atoms with Gasteiger partial charge in [0.25, 0.3) is 5.92 Å². The van der Waals surface area contributed by atoms with Crippen LogP contribution in [0, 0.1) is 17.2 Å². The van der Waals surface area contributed by atoms with Gasteiger partial charge in [0.15, 0.2) is 0 Å². The first kappa shape index (κ1) is 9.31. The normalized spacial score (nSPS) is 14.3. The molecule has 2 nitrogen and oxygen atoms in total. The number of nitriles is 1. The van der Waals surface area contributed by atoms with Crippen molar-refractivity contribution in [3.05, 3.63) is 0 Å². The second kappa shape index (κ2) is 3.47. The second-order valence-corrected chi connectivity index (χ2v) is 2.18. The van der Waals surface area contributed by atoms with Gasteiger partial charge < -0.3 is 5.11 Å². The summed E-state index contributed by atoms with van der Waals surface area (Å²) in [4.78, 5) is 0. The zero-order chi connectivity index (χ0) is 8.20. The number of alkyl halides is 2. The van der Waals surface area contributed by atoms with Crippen LogP contribution < -0.4 is 0 Å². The van der Waals surface area contributed by atoms with Crippen molar-refractivity contribution < 1.29 is 13.9 Å². The molecule has 0 bridgehead atoms. The van der Waals surface area contributed by atoms with Crippen molar-refractivity contribution in [2.24, 2.45) is 5.92 Å². The molecule has 1 atom stereocenters. The van der Waals surface area contributed by atoms with Gasteiger partial charge in [-0.25, -0.2) is 8.78 Å². The topological polar surface area (TPSA) is 44.0 Å². The summed E-state index contributed by atoms with van der Waals surface area (Å²) in [6.45, 7) is 0.0509. The molecule has 0 fully saturated rings. The van der Waals surface area contributed by atoms with Crippen LogP contribution in [-0.4, -0.2) is 17.6 Å². The number of halogens is 2. The zero-order valence-electron chi connectivity index (χ0n) is 5.64. The highest BCUT2D eigenvalue weighted by atomic mass is 19.3. The van der Waals surface area contributed by atoms with Gasteiger partial charge in [0.2, 0.25) is 0 Å². The first-order valence-electron chi connectivity index (χ1n) is 2.90. The minimum atomic E-state index is -3.12. The van der Waals surface area contributed by atoms with E-state index in [-0.39, 0.29) is 6.42 Å². The van der Waals surface area contributed by atoms with Crippen molar-refractivity contribution >= 4 is 0 Å². The van der Waals surface area contributed by atoms with Crippen molar-refractivity contribution in [2.45, 2.75) is 19.3 Å². The summed E-state index contributed by atoms with van der Waals surface area (Å²) in [5, 5.41) is 16.2. The molecule has 0 saturated heterocycles. The van der Waals surface area contributed by atoms with E-state index < -0.39 is 18.4 Å². The van der Waals surface area contributed by atoms with Crippen LogP contribution in [0.5, 0.6) is 0 Å². The molecular formula is C6H9F2NO. The first-order valence-corrected chi connectivity index (χ1v) is 2.90. The number of hydrogen-bond acceptors (Lipinski definition) is 2. The molecule has 0 aliphatic carbocycles. The van der Waals surface area contributed by atoms with E-state index in [2.05, 4.69) is 0 Å². The minimum absolute atomic E-state index is 0.229. The smallest absolute Gasteiger partial charge is 0.274 e. The lowest BCUT2D eigenvalue weighted by Crippen LogP contribution is -2.29. The summed E-state index contributed by atoms with van der Waals surface area (Å²) in [7, 11) is 0. The van der Waals surface area contributed by atoms with E-state index >= 15 is 0 Å². The molecule has 0 aliphatic heterocycles. The predicted octanol–water partition coefficient (Wildman–Crippen LogP) is 1.16. The molecule has 1 N–H and O–H groups in total. The van der Waals surface area contributed by atoms with Crippen LogP contribution >= 0.6 is 0 Å². The van der Waals surface area contributed by atoms with Crippen molar-refractivity contribution in [1.82, 2.24) is 0 Å². The van der Waals surface area contributed by atoms with Crippen LogP contribution in [0.4, 0.5) is 8.78 Å². The fraction of sp³-hybridized carbons (Fsp3) is 0.833. The van der Waals surface area contributed by atoms with E-state index in [0.29, 0.717) is 0 Å². The molecule has 0 heterocycles. The molecule has 0 radical (unpaired) electrons. The van der Waals surface area contributed by atoms with Crippen molar-refractivity contribution in [3.63, 3.8) is 0 Å². The summed E-state index contributed by atoms with van der Waals surface area (Å²) < 4.78 is 24.7. The Kier molecular flexibility index (Phi) is 3.23. The highest BCUT2D eigenvalue weighted by Crippen LogP contribution is 2.25. The summed E-state index contributed by atoms with van der Waals surface area (Å²) in [5.74, 6) is -4.18. The molecule has 1 unspecified atom stereocenters. The minimum Gasteiger partial charge on any atom is -0.390 e. The van der Waals surface area contributed by atoms with Gasteiger partial charge in [0, 0.05) is 12.3 Å². The maximum absolute atomic E-state index is 12.3. The van der Waals surface area contributed by atoms with E-state index in [4.69, 9.17) is 10.4 Å². The molecule has 0 rings (SSSR count). The number of hydrogen-bond donors (Lipinski definition) is 1. The van der Waals surface area contributed by atoms with E-state index in [1.54, 1.807) is 6.07 Å². The molecule has 0 spiro atoms. The Hall–Kier alpha value is -0.690. The molecule has 0 saturated carbocycles. The fourth-order valence-electron chi connectivity index (χ4n) is 0.442. The van der Waals surface area contributed by atoms with Crippen molar-refractivity contribution in [3.8, 4) is 6.07 Å². The lowest BCUT2D eigenvalue weighted by molar-refractivity contribution is -0.0905. The fourth-order valence-corrected chi connectivity index (χ4v) is 0.442. The van der Waals surface area contributed by atoms with Gasteiger partial charge in [0.05, 0.1) is 6.07 Å². The number of aliphatic hydroxyl groups is 1. The number of aliphatic hydroxyl groups excluding tert-OH is 1. The lowest BCUT2D eigenvalue weighted by atomic mass is 10.0. The second-order valence-electron chi connectivity index (χ2n) is 2.18. The Labute approximate surface area is 58.1 Å². The highest BCUT2D eigenvalue weighted by molar-refractivity contribution is 4.81. The molecular weight excluding hydrogens is 140 g/mol. The Morgan fingerprint density at radius 1 is 1.70 bits per heavy atom. The maximum atomic E-state index is 12.3. The van der Waals surface area contributed by atoms with Crippen LogP contribution in [-0.2, 0) is 0 Å². The van der Waals surface area contributed by atoms with Gasteiger partial charge >= 0.3 is 0 Å². The van der Waals surface area contributed by atoms with Crippen LogP contribution in [0.3, 0.4) is 0 Å².